The van der Waals surface area contributed by atoms with E-state index in [2.05, 4.69) is 47.7 Å². The van der Waals surface area contributed by atoms with E-state index in [4.69, 9.17) is 4.42 Å². The standard InChI is InChI=1S/C17H13Br2N3O2/c18-15-8-14(24-17(15)19)9-21-22-16(23)10-20-13-6-5-11-3-1-2-4-12(11)7-13/h1-9,20H,10H2,(H,22,23)/b21-9-. The molecule has 1 heterocycles. The molecule has 0 aliphatic heterocycles. The van der Waals surface area contributed by atoms with Crippen LogP contribution in [-0.2, 0) is 4.79 Å². The van der Waals surface area contributed by atoms with Crippen molar-refractivity contribution < 1.29 is 9.21 Å². The van der Waals surface area contributed by atoms with Gasteiger partial charge in [-0.3, -0.25) is 4.79 Å². The van der Waals surface area contributed by atoms with E-state index in [1.807, 2.05) is 42.5 Å². The highest BCUT2D eigenvalue weighted by Gasteiger charge is 2.04. The Bertz CT molecular complexity index is 886. The van der Waals surface area contributed by atoms with E-state index in [1.165, 1.54) is 6.21 Å². The highest BCUT2D eigenvalue weighted by Crippen LogP contribution is 2.25. The van der Waals surface area contributed by atoms with Crippen molar-refractivity contribution >= 4 is 60.4 Å². The van der Waals surface area contributed by atoms with E-state index >= 15 is 0 Å². The third-order valence-electron chi connectivity index (χ3n) is 3.25. The number of hydrogen-bond acceptors (Lipinski definition) is 4. The minimum absolute atomic E-state index is 0.126. The van der Waals surface area contributed by atoms with Crippen molar-refractivity contribution in [3.63, 3.8) is 0 Å². The number of carbonyl (C=O) groups is 1. The first-order chi connectivity index (χ1) is 11.6. The van der Waals surface area contributed by atoms with Crippen molar-refractivity contribution in [3.8, 4) is 0 Å². The third-order valence-corrected chi connectivity index (χ3v) is 4.96. The van der Waals surface area contributed by atoms with Gasteiger partial charge in [-0.25, -0.2) is 5.43 Å². The summed E-state index contributed by atoms with van der Waals surface area (Å²) < 4.78 is 6.68. The summed E-state index contributed by atoms with van der Waals surface area (Å²) in [4.78, 5) is 11.8. The fourth-order valence-electron chi connectivity index (χ4n) is 2.12. The van der Waals surface area contributed by atoms with Gasteiger partial charge in [-0.2, -0.15) is 5.10 Å². The van der Waals surface area contributed by atoms with Crippen molar-refractivity contribution in [3.05, 3.63) is 63.4 Å². The highest BCUT2D eigenvalue weighted by molar-refractivity contribution is 9.13. The normalized spacial score (nSPS) is 11.1. The average molecular weight is 451 g/mol. The molecule has 0 atom stereocenters. The van der Waals surface area contributed by atoms with Crippen LogP contribution in [0.15, 0.2) is 67.2 Å². The van der Waals surface area contributed by atoms with Crippen LogP contribution in [0.25, 0.3) is 10.8 Å². The molecule has 1 aromatic heterocycles. The van der Waals surface area contributed by atoms with Crippen LogP contribution in [0.5, 0.6) is 0 Å². The van der Waals surface area contributed by atoms with Gasteiger partial charge in [0.25, 0.3) is 5.91 Å². The number of nitrogens with zero attached hydrogens (tertiary/aromatic N) is 1. The van der Waals surface area contributed by atoms with Gasteiger partial charge in [-0.15, -0.1) is 0 Å². The molecular formula is C17H13Br2N3O2. The van der Waals surface area contributed by atoms with Crippen LogP contribution in [0.3, 0.4) is 0 Å². The van der Waals surface area contributed by atoms with Crippen LogP contribution in [0.2, 0.25) is 0 Å². The predicted octanol–water partition coefficient (Wildman–Crippen LogP) is 4.52. The van der Waals surface area contributed by atoms with E-state index in [9.17, 15) is 4.79 Å². The summed E-state index contributed by atoms with van der Waals surface area (Å²) in [6, 6.07) is 15.8. The number of hydrazone groups is 1. The minimum atomic E-state index is -0.246. The van der Waals surface area contributed by atoms with Gasteiger partial charge in [-0.1, -0.05) is 30.3 Å². The second-order valence-electron chi connectivity index (χ2n) is 4.98. The van der Waals surface area contributed by atoms with E-state index in [0.717, 1.165) is 20.9 Å². The maximum atomic E-state index is 11.8. The lowest BCUT2D eigenvalue weighted by Crippen LogP contribution is -2.25. The average Bonchev–Trinajstić information content (AvgIpc) is 2.91. The predicted molar refractivity (Wildman–Crippen MR) is 102 cm³/mol. The molecule has 0 saturated heterocycles. The van der Waals surface area contributed by atoms with Crippen LogP contribution in [0, 0.1) is 0 Å². The quantitative estimate of drug-likeness (QED) is 0.443. The number of benzene rings is 2. The maximum Gasteiger partial charge on any atom is 0.259 e. The lowest BCUT2D eigenvalue weighted by Gasteiger charge is -2.06. The summed E-state index contributed by atoms with van der Waals surface area (Å²) in [6.07, 6.45) is 1.43. The van der Waals surface area contributed by atoms with E-state index in [0.29, 0.717) is 10.4 Å². The van der Waals surface area contributed by atoms with E-state index in [1.54, 1.807) is 6.07 Å². The molecule has 7 heteroatoms. The second-order valence-corrected chi connectivity index (χ2v) is 6.55. The zero-order valence-corrected chi connectivity index (χ0v) is 15.6. The van der Waals surface area contributed by atoms with Gasteiger partial charge in [0.1, 0.15) is 5.76 Å². The summed E-state index contributed by atoms with van der Waals surface area (Å²) in [6.45, 7) is 0.126. The summed E-state index contributed by atoms with van der Waals surface area (Å²) in [5.41, 5.74) is 3.33. The molecule has 1 amide bonds. The van der Waals surface area contributed by atoms with Gasteiger partial charge in [0, 0.05) is 11.8 Å². The van der Waals surface area contributed by atoms with Crippen LogP contribution < -0.4 is 10.7 Å². The Hall–Kier alpha value is -2.12. The number of anilines is 1. The van der Waals surface area contributed by atoms with Crippen LogP contribution >= 0.6 is 31.9 Å². The van der Waals surface area contributed by atoms with Crippen molar-refractivity contribution in [2.24, 2.45) is 5.10 Å². The summed E-state index contributed by atoms with van der Waals surface area (Å²) >= 11 is 6.54. The molecule has 0 aliphatic carbocycles. The van der Waals surface area contributed by atoms with Crippen molar-refractivity contribution in [1.82, 2.24) is 5.43 Å². The minimum Gasteiger partial charge on any atom is -0.447 e. The van der Waals surface area contributed by atoms with Crippen LogP contribution in [-0.4, -0.2) is 18.7 Å². The van der Waals surface area contributed by atoms with Gasteiger partial charge < -0.3 is 9.73 Å². The van der Waals surface area contributed by atoms with Crippen molar-refractivity contribution in [2.75, 3.05) is 11.9 Å². The van der Waals surface area contributed by atoms with E-state index < -0.39 is 0 Å². The largest absolute Gasteiger partial charge is 0.447 e. The van der Waals surface area contributed by atoms with Crippen LogP contribution in [0.1, 0.15) is 5.76 Å². The number of fused-ring (bicyclic) bond motifs is 1. The first-order valence-electron chi connectivity index (χ1n) is 7.11. The summed E-state index contributed by atoms with van der Waals surface area (Å²) in [5, 5.41) is 9.21. The number of furan rings is 1. The van der Waals surface area contributed by atoms with E-state index in [-0.39, 0.29) is 12.5 Å². The maximum absolute atomic E-state index is 11.8. The molecule has 0 saturated carbocycles. The molecule has 0 aliphatic rings. The molecule has 5 nitrogen and oxygen atoms in total. The van der Waals surface area contributed by atoms with Gasteiger partial charge >= 0.3 is 0 Å². The Balaban J connectivity index is 1.52. The molecule has 0 fully saturated rings. The molecule has 24 heavy (non-hydrogen) atoms. The fourth-order valence-corrected chi connectivity index (χ4v) is 2.72. The molecular weight excluding hydrogens is 438 g/mol. The molecule has 0 bridgehead atoms. The lowest BCUT2D eigenvalue weighted by atomic mass is 10.1. The van der Waals surface area contributed by atoms with Crippen molar-refractivity contribution in [2.45, 2.75) is 0 Å². The molecule has 3 aromatic rings. The first-order valence-corrected chi connectivity index (χ1v) is 8.70. The number of hydrogen-bond donors (Lipinski definition) is 2. The Morgan fingerprint density at radius 2 is 1.92 bits per heavy atom. The fraction of sp³-hybridized carbons (Fsp3) is 0.0588. The second kappa shape index (κ2) is 7.63. The first kappa shape index (κ1) is 16.7. The molecule has 2 N–H and O–H groups in total. The Labute approximate surface area is 155 Å². The Kier molecular flexibility index (Phi) is 5.32. The number of halogens is 2. The SMILES string of the molecule is O=C(CNc1ccc2ccccc2c1)N/N=C\c1cc(Br)c(Br)o1. The van der Waals surface area contributed by atoms with Gasteiger partial charge in [-0.05, 0) is 54.8 Å². The Morgan fingerprint density at radius 1 is 1.12 bits per heavy atom. The number of carbonyl (C=O) groups excluding carboxylic acids is 1. The number of amides is 1. The van der Waals surface area contributed by atoms with Gasteiger partial charge in [0.2, 0.25) is 0 Å². The number of nitrogens with one attached hydrogen (secondary N) is 2. The summed E-state index contributed by atoms with van der Waals surface area (Å²) in [5.74, 6) is 0.278. The van der Waals surface area contributed by atoms with Gasteiger partial charge in [0.15, 0.2) is 4.67 Å². The molecule has 3 rings (SSSR count). The number of rotatable bonds is 5. The smallest absolute Gasteiger partial charge is 0.259 e. The van der Waals surface area contributed by atoms with Crippen LogP contribution in [0.4, 0.5) is 5.69 Å². The summed E-state index contributed by atoms with van der Waals surface area (Å²) in [7, 11) is 0. The molecule has 0 radical (unpaired) electrons. The van der Waals surface area contributed by atoms with Crippen molar-refractivity contribution in [1.29, 1.82) is 0 Å². The zero-order chi connectivity index (χ0) is 16.9. The molecule has 0 spiro atoms. The Morgan fingerprint density at radius 3 is 2.67 bits per heavy atom. The van der Waals surface area contributed by atoms with Gasteiger partial charge in [0.05, 0.1) is 17.2 Å². The topological polar surface area (TPSA) is 66.6 Å². The molecule has 2 aromatic carbocycles. The molecule has 0 unspecified atom stereocenters. The monoisotopic (exact) mass is 449 g/mol. The molecule has 122 valence electrons. The third kappa shape index (κ3) is 4.24. The zero-order valence-electron chi connectivity index (χ0n) is 12.4. The highest BCUT2D eigenvalue weighted by atomic mass is 79.9. The lowest BCUT2D eigenvalue weighted by molar-refractivity contribution is -0.119.